The quantitative estimate of drug-likeness (QED) is 0.776. The molecule has 0 bridgehead atoms. The fourth-order valence-corrected chi connectivity index (χ4v) is 3.33. The summed E-state index contributed by atoms with van der Waals surface area (Å²) in [7, 11) is 1.43. The van der Waals surface area contributed by atoms with E-state index in [2.05, 4.69) is 4.90 Å². The zero-order valence-corrected chi connectivity index (χ0v) is 14.6. The summed E-state index contributed by atoms with van der Waals surface area (Å²) >= 11 is 0. The van der Waals surface area contributed by atoms with Crippen molar-refractivity contribution in [2.45, 2.75) is 26.3 Å². The summed E-state index contributed by atoms with van der Waals surface area (Å²) in [6.07, 6.45) is 1.52. The zero-order chi connectivity index (χ0) is 17.8. The van der Waals surface area contributed by atoms with Gasteiger partial charge in [-0.15, -0.1) is 0 Å². The van der Waals surface area contributed by atoms with Crippen LogP contribution in [0.2, 0.25) is 0 Å². The SMILES string of the molecule is CCOC(=O)c1oc2ccccc2c1CN1CCC(C(=O)OC)CC1. The van der Waals surface area contributed by atoms with Gasteiger partial charge in [0.1, 0.15) is 5.58 Å². The van der Waals surface area contributed by atoms with Crippen LogP contribution in [0.25, 0.3) is 11.0 Å². The Morgan fingerprint density at radius 3 is 2.64 bits per heavy atom. The fraction of sp³-hybridized carbons (Fsp3) is 0.474. The minimum atomic E-state index is -0.432. The average Bonchev–Trinajstić information content (AvgIpc) is 3.01. The maximum atomic E-state index is 12.3. The highest BCUT2D eigenvalue weighted by Crippen LogP contribution is 2.29. The Bertz CT molecular complexity index is 758. The Morgan fingerprint density at radius 1 is 1.24 bits per heavy atom. The van der Waals surface area contributed by atoms with E-state index in [-0.39, 0.29) is 17.6 Å². The van der Waals surface area contributed by atoms with Crippen molar-refractivity contribution < 1.29 is 23.5 Å². The third-order valence-corrected chi connectivity index (χ3v) is 4.66. The lowest BCUT2D eigenvalue weighted by atomic mass is 9.96. The average molecular weight is 345 g/mol. The molecule has 1 aliphatic heterocycles. The summed E-state index contributed by atoms with van der Waals surface area (Å²) in [5, 5.41) is 0.931. The molecular weight excluding hydrogens is 322 g/mol. The number of hydrogen-bond acceptors (Lipinski definition) is 6. The number of hydrogen-bond donors (Lipinski definition) is 0. The summed E-state index contributed by atoms with van der Waals surface area (Å²) in [6.45, 7) is 4.24. The maximum Gasteiger partial charge on any atom is 0.374 e. The highest BCUT2D eigenvalue weighted by molar-refractivity contribution is 5.96. The van der Waals surface area contributed by atoms with Gasteiger partial charge < -0.3 is 13.9 Å². The minimum absolute atomic E-state index is 0.0353. The number of rotatable bonds is 5. The maximum absolute atomic E-state index is 12.3. The number of likely N-dealkylation sites (tertiary alicyclic amines) is 1. The molecule has 2 heterocycles. The number of carbonyl (C=O) groups is 2. The van der Waals surface area contributed by atoms with E-state index in [1.165, 1.54) is 7.11 Å². The van der Waals surface area contributed by atoms with Gasteiger partial charge in [0, 0.05) is 17.5 Å². The molecule has 0 aliphatic carbocycles. The molecule has 0 spiro atoms. The Kier molecular flexibility index (Phi) is 5.38. The predicted molar refractivity (Wildman–Crippen MR) is 92.2 cm³/mol. The number of furan rings is 1. The van der Waals surface area contributed by atoms with Gasteiger partial charge in [-0.3, -0.25) is 9.69 Å². The Balaban J connectivity index is 1.80. The van der Waals surface area contributed by atoms with Crippen LogP contribution < -0.4 is 0 Å². The fourth-order valence-electron chi connectivity index (χ4n) is 3.33. The van der Waals surface area contributed by atoms with Crippen molar-refractivity contribution in [3.63, 3.8) is 0 Å². The molecule has 1 aliphatic rings. The number of piperidine rings is 1. The highest BCUT2D eigenvalue weighted by atomic mass is 16.5. The zero-order valence-electron chi connectivity index (χ0n) is 14.6. The molecule has 0 atom stereocenters. The molecule has 0 saturated carbocycles. The van der Waals surface area contributed by atoms with E-state index < -0.39 is 5.97 Å². The lowest BCUT2D eigenvalue weighted by Gasteiger charge is -2.30. The van der Waals surface area contributed by atoms with Crippen molar-refractivity contribution in [3.8, 4) is 0 Å². The van der Waals surface area contributed by atoms with E-state index in [0.29, 0.717) is 18.7 Å². The second kappa shape index (κ2) is 7.70. The van der Waals surface area contributed by atoms with Crippen molar-refractivity contribution in [3.05, 3.63) is 35.6 Å². The van der Waals surface area contributed by atoms with Crippen LogP contribution in [0.1, 0.15) is 35.9 Å². The van der Waals surface area contributed by atoms with Crippen LogP contribution >= 0.6 is 0 Å². The second-order valence-corrected chi connectivity index (χ2v) is 6.20. The molecule has 0 amide bonds. The predicted octanol–water partition coefficient (Wildman–Crippen LogP) is 2.99. The molecular formula is C19H23NO5. The van der Waals surface area contributed by atoms with Crippen LogP contribution in [0.5, 0.6) is 0 Å². The molecule has 1 aromatic carbocycles. The molecule has 0 N–H and O–H groups in total. The summed E-state index contributed by atoms with van der Waals surface area (Å²) in [5.41, 5.74) is 1.54. The first-order chi connectivity index (χ1) is 12.1. The number of benzene rings is 1. The Morgan fingerprint density at radius 2 is 1.96 bits per heavy atom. The number of methoxy groups -OCH3 is 1. The van der Waals surface area contributed by atoms with E-state index in [4.69, 9.17) is 13.9 Å². The van der Waals surface area contributed by atoms with E-state index in [1.54, 1.807) is 6.92 Å². The first-order valence-electron chi connectivity index (χ1n) is 8.61. The van der Waals surface area contributed by atoms with Crippen molar-refractivity contribution >= 4 is 22.9 Å². The van der Waals surface area contributed by atoms with Crippen LogP contribution in [-0.4, -0.2) is 43.6 Å². The molecule has 3 rings (SSSR count). The first kappa shape index (κ1) is 17.5. The first-order valence-corrected chi connectivity index (χ1v) is 8.61. The van der Waals surface area contributed by atoms with Crippen LogP contribution in [0.3, 0.4) is 0 Å². The van der Waals surface area contributed by atoms with Gasteiger partial charge in [-0.1, -0.05) is 18.2 Å². The lowest BCUT2D eigenvalue weighted by Crippen LogP contribution is -2.36. The van der Waals surface area contributed by atoms with Gasteiger partial charge >= 0.3 is 11.9 Å². The highest BCUT2D eigenvalue weighted by Gasteiger charge is 2.28. The lowest BCUT2D eigenvalue weighted by molar-refractivity contribution is -0.147. The smallest absolute Gasteiger partial charge is 0.374 e. The van der Waals surface area contributed by atoms with Gasteiger partial charge in [0.15, 0.2) is 0 Å². The summed E-state index contributed by atoms with van der Waals surface area (Å²) in [5.74, 6) is -0.330. The van der Waals surface area contributed by atoms with Crippen molar-refractivity contribution in [2.24, 2.45) is 5.92 Å². The van der Waals surface area contributed by atoms with Crippen molar-refractivity contribution in [1.82, 2.24) is 4.90 Å². The van der Waals surface area contributed by atoms with Crippen LogP contribution in [0.15, 0.2) is 28.7 Å². The minimum Gasteiger partial charge on any atom is -0.469 e. The third-order valence-electron chi connectivity index (χ3n) is 4.66. The van der Waals surface area contributed by atoms with E-state index >= 15 is 0 Å². The normalized spacial score (nSPS) is 16.1. The molecule has 2 aromatic rings. The largest absolute Gasteiger partial charge is 0.469 e. The third kappa shape index (κ3) is 3.69. The van der Waals surface area contributed by atoms with Gasteiger partial charge in [-0.2, -0.15) is 0 Å². The molecule has 1 aromatic heterocycles. The number of ether oxygens (including phenoxy) is 2. The van der Waals surface area contributed by atoms with Gasteiger partial charge in [-0.05, 0) is 38.9 Å². The topological polar surface area (TPSA) is 69.0 Å². The van der Waals surface area contributed by atoms with Gasteiger partial charge in [0.2, 0.25) is 5.76 Å². The molecule has 25 heavy (non-hydrogen) atoms. The molecule has 6 nitrogen and oxygen atoms in total. The summed E-state index contributed by atoms with van der Waals surface area (Å²) in [6, 6.07) is 7.62. The summed E-state index contributed by atoms with van der Waals surface area (Å²) in [4.78, 5) is 26.2. The number of nitrogens with zero attached hydrogens (tertiary/aromatic N) is 1. The second-order valence-electron chi connectivity index (χ2n) is 6.20. The standard InChI is InChI=1S/C19H23NO5/c1-3-24-19(22)17-15(14-6-4-5-7-16(14)25-17)12-20-10-8-13(9-11-20)18(21)23-2/h4-7,13H,3,8-12H2,1-2H3. The van der Waals surface area contributed by atoms with Crippen LogP contribution in [-0.2, 0) is 20.8 Å². The van der Waals surface area contributed by atoms with Gasteiger partial charge in [-0.25, -0.2) is 4.79 Å². The molecule has 1 saturated heterocycles. The van der Waals surface area contributed by atoms with Crippen LogP contribution in [0.4, 0.5) is 0 Å². The number of carbonyl (C=O) groups excluding carboxylic acids is 2. The van der Waals surface area contributed by atoms with E-state index in [0.717, 1.165) is 36.9 Å². The van der Waals surface area contributed by atoms with Gasteiger partial charge in [0.25, 0.3) is 0 Å². The number of para-hydroxylation sites is 1. The Labute approximate surface area is 146 Å². The van der Waals surface area contributed by atoms with E-state index in [9.17, 15) is 9.59 Å². The van der Waals surface area contributed by atoms with Gasteiger partial charge in [0.05, 0.1) is 19.6 Å². The number of fused-ring (bicyclic) bond motifs is 1. The monoisotopic (exact) mass is 345 g/mol. The molecule has 1 fully saturated rings. The number of esters is 2. The molecule has 134 valence electrons. The molecule has 6 heteroatoms. The van der Waals surface area contributed by atoms with E-state index in [1.807, 2.05) is 24.3 Å². The van der Waals surface area contributed by atoms with Crippen molar-refractivity contribution in [1.29, 1.82) is 0 Å². The molecule has 0 radical (unpaired) electrons. The summed E-state index contributed by atoms with van der Waals surface area (Å²) < 4.78 is 15.7. The Hall–Kier alpha value is -2.34. The van der Waals surface area contributed by atoms with Crippen molar-refractivity contribution in [2.75, 3.05) is 26.8 Å². The van der Waals surface area contributed by atoms with Crippen LogP contribution in [0, 0.1) is 5.92 Å². The molecule has 0 unspecified atom stereocenters.